The minimum Gasteiger partial charge on any atom is -0.508 e. The topological polar surface area (TPSA) is 113 Å². The molecule has 0 radical (unpaired) electrons. The van der Waals surface area contributed by atoms with Gasteiger partial charge in [-0.3, -0.25) is 15.0 Å². The number of benzene rings is 2. The molecule has 23 heavy (non-hydrogen) atoms. The van der Waals surface area contributed by atoms with Gasteiger partial charge in [-0.05, 0) is 37.3 Å². The summed E-state index contributed by atoms with van der Waals surface area (Å²) in [6.07, 6.45) is 0. The van der Waals surface area contributed by atoms with E-state index in [1.807, 2.05) is 10.3 Å². The van der Waals surface area contributed by atoms with Crippen molar-refractivity contribution in [3.05, 3.63) is 59.7 Å². The van der Waals surface area contributed by atoms with Crippen molar-refractivity contribution in [2.24, 2.45) is 0 Å². The predicted octanol–water partition coefficient (Wildman–Crippen LogP) is 1.22. The first-order valence-electron chi connectivity index (χ1n) is 6.52. The van der Waals surface area contributed by atoms with Crippen molar-refractivity contribution in [1.82, 2.24) is 10.3 Å². The number of nitrogens with one attached hydrogen (secondary N) is 2. The fourth-order valence-electron chi connectivity index (χ4n) is 1.76. The molecular weight excluding hydrogens is 320 g/mol. The van der Waals surface area contributed by atoms with Crippen LogP contribution in [0.2, 0.25) is 0 Å². The van der Waals surface area contributed by atoms with Crippen molar-refractivity contribution in [2.75, 3.05) is 0 Å². The Hall–Kier alpha value is -2.71. The molecule has 8 heteroatoms. The van der Waals surface area contributed by atoms with Gasteiger partial charge in [0.2, 0.25) is 0 Å². The lowest BCUT2D eigenvalue weighted by Crippen LogP contribution is -2.41. The van der Waals surface area contributed by atoms with Crippen LogP contribution in [0.15, 0.2) is 53.4 Å². The van der Waals surface area contributed by atoms with E-state index >= 15 is 0 Å². The Labute approximate surface area is 133 Å². The molecule has 1 amide bonds. The molecule has 0 aliphatic heterocycles. The van der Waals surface area contributed by atoms with Gasteiger partial charge in [0.1, 0.15) is 5.75 Å². The zero-order valence-electron chi connectivity index (χ0n) is 12.1. The van der Waals surface area contributed by atoms with Crippen LogP contribution in [0.3, 0.4) is 0 Å². The van der Waals surface area contributed by atoms with Gasteiger partial charge < -0.3 is 5.11 Å². The lowest BCUT2D eigenvalue weighted by Gasteiger charge is -2.09. The van der Waals surface area contributed by atoms with Gasteiger partial charge in [-0.25, -0.2) is 8.42 Å². The van der Waals surface area contributed by atoms with E-state index in [1.165, 1.54) is 55.5 Å². The van der Waals surface area contributed by atoms with E-state index in [-0.39, 0.29) is 22.0 Å². The number of Topliss-reactive ketones (excluding diaryl/α,β-unsaturated/α-hetero) is 1. The SMILES string of the molecule is CC(=O)c1ccc(S(=O)(=O)NNC(=O)c2cccc(O)c2)cc1. The summed E-state index contributed by atoms with van der Waals surface area (Å²) in [7, 11) is -3.97. The standard InChI is InChI=1S/C15H14N2O5S/c1-10(18)11-5-7-14(8-6-11)23(21,22)17-16-15(20)12-3-2-4-13(19)9-12/h2-9,17,19H,1H3,(H,16,20). The maximum Gasteiger partial charge on any atom is 0.266 e. The molecule has 120 valence electrons. The minimum absolute atomic E-state index is 0.0969. The summed E-state index contributed by atoms with van der Waals surface area (Å²) in [5.74, 6) is -1.01. The maximum atomic E-state index is 12.1. The molecule has 0 fully saturated rings. The highest BCUT2D eigenvalue weighted by atomic mass is 32.2. The van der Waals surface area contributed by atoms with Crippen LogP contribution in [0.5, 0.6) is 5.75 Å². The molecule has 0 bridgehead atoms. The highest BCUT2D eigenvalue weighted by Crippen LogP contribution is 2.12. The van der Waals surface area contributed by atoms with Crippen molar-refractivity contribution in [1.29, 1.82) is 0 Å². The van der Waals surface area contributed by atoms with Gasteiger partial charge in [-0.2, -0.15) is 0 Å². The normalized spacial score (nSPS) is 11.0. The molecule has 0 atom stereocenters. The van der Waals surface area contributed by atoms with Crippen LogP contribution in [-0.2, 0) is 10.0 Å². The number of hydrazine groups is 1. The van der Waals surface area contributed by atoms with E-state index in [0.29, 0.717) is 5.56 Å². The number of hydrogen-bond donors (Lipinski definition) is 3. The van der Waals surface area contributed by atoms with Crippen molar-refractivity contribution >= 4 is 21.7 Å². The lowest BCUT2D eigenvalue weighted by molar-refractivity contribution is 0.0944. The lowest BCUT2D eigenvalue weighted by atomic mass is 10.2. The third kappa shape index (κ3) is 4.15. The Balaban J connectivity index is 2.09. The van der Waals surface area contributed by atoms with Crippen molar-refractivity contribution in [2.45, 2.75) is 11.8 Å². The van der Waals surface area contributed by atoms with Crippen LogP contribution in [0, 0.1) is 0 Å². The van der Waals surface area contributed by atoms with Gasteiger partial charge in [0.05, 0.1) is 4.90 Å². The smallest absolute Gasteiger partial charge is 0.266 e. The Morgan fingerprint density at radius 3 is 2.22 bits per heavy atom. The largest absolute Gasteiger partial charge is 0.508 e. The Bertz CT molecular complexity index is 844. The van der Waals surface area contributed by atoms with Crippen LogP contribution in [-0.4, -0.2) is 25.2 Å². The molecule has 0 saturated heterocycles. The second-order valence-electron chi connectivity index (χ2n) is 4.69. The van der Waals surface area contributed by atoms with Gasteiger partial charge in [-0.15, -0.1) is 4.83 Å². The summed E-state index contributed by atoms with van der Waals surface area (Å²) in [4.78, 5) is 24.8. The summed E-state index contributed by atoms with van der Waals surface area (Å²) in [5, 5.41) is 9.29. The van der Waals surface area contributed by atoms with Gasteiger partial charge in [0.15, 0.2) is 5.78 Å². The van der Waals surface area contributed by atoms with Crippen molar-refractivity contribution < 1.29 is 23.1 Å². The first-order valence-corrected chi connectivity index (χ1v) is 8.00. The quantitative estimate of drug-likeness (QED) is 0.562. The van der Waals surface area contributed by atoms with E-state index in [1.54, 1.807) is 0 Å². The molecule has 0 aliphatic carbocycles. The Morgan fingerprint density at radius 2 is 1.65 bits per heavy atom. The number of hydrogen-bond acceptors (Lipinski definition) is 5. The molecule has 2 rings (SSSR count). The van der Waals surface area contributed by atoms with Gasteiger partial charge in [-0.1, -0.05) is 18.2 Å². The Kier molecular flexibility index (Phi) is 4.77. The van der Waals surface area contributed by atoms with Crippen LogP contribution in [0.25, 0.3) is 0 Å². The van der Waals surface area contributed by atoms with E-state index in [4.69, 9.17) is 0 Å². The third-order valence-electron chi connectivity index (χ3n) is 2.98. The number of carbonyl (C=O) groups is 2. The molecule has 0 saturated carbocycles. The summed E-state index contributed by atoms with van der Waals surface area (Å²) >= 11 is 0. The number of carbonyl (C=O) groups excluding carboxylic acids is 2. The number of aromatic hydroxyl groups is 1. The van der Waals surface area contributed by atoms with Crippen LogP contribution >= 0.6 is 0 Å². The molecular formula is C15H14N2O5S. The summed E-state index contributed by atoms with van der Waals surface area (Å²) < 4.78 is 24.1. The summed E-state index contributed by atoms with van der Waals surface area (Å²) in [5.41, 5.74) is 2.53. The van der Waals surface area contributed by atoms with E-state index in [2.05, 4.69) is 0 Å². The van der Waals surface area contributed by atoms with E-state index < -0.39 is 15.9 Å². The number of sulfonamides is 1. The van der Waals surface area contributed by atoms with Gasteiger partial charge >= 0.3 is 0 Å². The zero-order valence-corrected chi connectivity index (χ0v) is 12.9. The second kappa shape index (κ2) is 6.59. The molecule has 0 aliphatic rings. The first-order chi connectivity index (χ1) is 10.8. The monoisotopic (exact) mass is 334 g/mol. The second-order valence-corrected chi connectivity index (χ2v) is 6.37. The van der Waals surface area contributed by atoms with Crippen molar-refractivity contribution in [3.63, 3.8) is 0 Å². The first kappa shape index (κ1) is 16.7. The third-order valence-corrected chi connectivity index (χ3v) is 4.24. The van der Waals surface area contributed by atoms with Crippen LogP contribution < -0.4 is 10.3 Å². The number of ketones is 1. The molecule has 2 aromatic rings. The minimum atomic E-state index is -3.97. The van der Waals surface area contributed by atoms with Crippen molar-refractivity contribution in [3.8, 4) is 5.75 Å². The number of amides is 1. The van der Waals surface area contributed by atoms with Crippen LogP contribution in [0.4, 0.5) is 0 Å². The highest BCUT2D eigenvalue weighted by molar-refractivity contribution is 7.89. The van der Waals surface area contributed by atoms with Crippen LogP contribution in [0.1, 0.15) is 27.6 Å². The zero-order chi connectivity index (χ0) is 17.0. The highest BCUT2D eigenvalue weighted by Gasteiger charge is 2.16. The molecule has 0 spiro atoms. The summed E-state index contributed by atoms with van der Waals surface area (Å²) in [6.45, 7) is 1.37. The molecule has 3 N–H and O–H groups in total. The number of phenolic OH excluding ortho intramolecular Hbond substituents is 1. The average molecular weight is 334 g/mol. The van der Waals surface area contributed by atoms with E-state index in [0.717, 1.165) is 0 Å². The molecule has 2 aromatic carbocycles. The molecule has 0 heterocycles. The fraction of sp³-hybridized carbons (Fsp3) is 0.0667. The maximum absolute atomic E-state index is 12.1. The molecule has 0 aromatic heterocycles. The molecule has 7 nitrogen and oxygen atoms in total. The van der Waals surface area contributed by atoms with Gasteiger partial charge in [0, 0.05) is 11.1 Å². The number of phenols is 1. The number of rotatable bonds is 5. The van der Waals surface area contributed by atoms with E-state index in [9.17, 15) is 23.1 Å². The fourth-order valence-corrected chi connectivity index (χ4v) is 2.60. The predicted molar refractivity (Wildman–Crippen MR) is 82.3 cm³/mol. The Morgan fingerprint density at radius 1 is 1.00 bits per heavy atom. The van der Waals surface area contributed by atoms with Gasteiger partial charge in [0.25, 0.3) is 15.9 Å². The summed E-state index contributed by atoms with van der Waals surface area (Å²) in [6, 6.07) is 10.8. The molecule has 0 unspecified atom stereocenters. The average Bonchev–Trinajstić information content (AvgIpc) is 2.52.